The quantitative estimate of drug-likeness (QED) is 0.749. The van der Waals surface area contributed by atoms with Crippen LogP contribution in [-0.2, 0) is 6.42 Å². The van der Waals surface area contributed by atoms with Crippen molar-refractivity contribution in [2.75, 3.05) is 0 Å². The second-order valence-electron chi connectivity index (χ2n) is 4.22. The summed E-state index contributed by atoms with van der Waals surface area (Å²) in [5, 5.41) is 13.9. The molecule has 0 aliphatic carbocycles. The van der Waals surface area contributed by atoms with Gasteiger partial charge in [0.2, 0.25) is 0 Å². The van der Waals surface area contributed by atoms with E-state index in [0.29, 0.717) is 0 Å². The number of aliphatic hydroxyl groups excluding tert-OH is 1. The molecule has 1 atom stereocenters. The van der Waals surface area contributed by atoms with Gasteiger partial charge in [-0.05, 0) is 34.2 Å². The van der Waals surface area contributed by atoms with Crippen LogP contribution in [0.3, 0.4) is 0 Å². The highest BCUT2D eigenvalue weighted by molar-refractivity contribution is 7.07. The van der Waals surface area contributed by atoms with Crippen molar-refractivity contribution in [3.05, 3.63) is 22.4 Å². The molecule has 1 unspecified atom stereocenters. The molecule has 0 aromatic carbocycles. The van der Waals surface area contributed by atoms with E-state index in [4.69, 9.17) is 0 Å². The van der Waals surface area contributed by atoms with Gasteiger partial charge in [0.1, 0.15) is 0 Å². The van der Waals surface area contributed by atoms with Crippen molar-refractivity contribution in [3.8, 4) is 0 Å². The van der Waals surface area contributed by atoms with E-state index in [-0.39, 0.29) is 11.5 Å². The third kappa shape index (κ3) is 2.61. The van der Waals surface area contributed by atoms with E-state index in [2.05, 4.69) is 32.2 Å². The third-order valence-corrected chi connectivity index (χ3v) is 2.74. The predicted molar refractivity (Wildman–Crippen MR) is 53.5 cm³/mol. The van der Waals surface area contributed by atoms with Gasteiger partial charge in [0, 0.05) is 0 Å². The number of hydrogen-bond acceptors (Lipinski definition) is 2. The number of rotatable bonds is 2. The average Bonchev–Trinajstić information content (AvgIpc) is 2.37. The van der Waals surface area contributed by atoms with Crippen molar-refractivity contribution >= 4 is 11.3 Å². The van der Waals surface area contributed by atoms with Gasteiger partial charge in [-0.15, -0.1) is 0 Å². The summed E-state index contributed by atoms with van der Waals surface area (Å²) >= 11 is 1.68. The maximum absolute atomic E-state index is 9.76. The Hall–Kier alpha value is -0.340. The van der Waals surface area contributed by atoms with Crippen LogP contribution in [0.15, 0.2) is 16.8 Å². The van der Waals surface area contributed by atoms with Gasteiger partial charge in [-0.2, -0.15) is 11.3 Å². The summed E-state index contributed by atoms with van der Waals surface area (Å²) in [4.78, 5) is 0. The number of hydrogen-bond donors (Lipinski definition) is 1. The Kier molecular flexibility index (Phi) is 2.91. The van der Waals surface area contributed by atoms with Gasteiger partial charge in [0.15, 0.2) is 0 Å². The van der Waals surface area contributed by atoms with Crippen LogP contribution in [0.2, 0.25) is 0 Å². The van der Waals surface area contributed by atoms with Gasteiger partial charge in [-0.3, -0.25) is 0 Å². The number of thiophene rings is 1. The third-order valence-electron chi connectivity index (χ3n) is 2.01. The molecule has 0 saturated heterocycles. The molecular weight excluding hydrogens is 168 g/mol. The Morgan fingerprint density at radius 3 is 2.58 bits per heavy atom. The minimum atomic E-state index is -0.243. The molecule has 0 bridgehead atoms. The SMILES string of the molecule is CC(C)(C)C(O)Cc1ccsc1. The molecule has 1 rings (SSSR count). The van der Waals surface area contributed by atoms with Gasteiger partial charge >= 0.3 is 0 Å². The summed E-state index contributed by atoms with van der Waals surface area (Å²) in [6.45, 7) is 6.18. The molecule has 12 heavy (non-hydrogen) atoms. The van der Waals surface area contributed by atoms with Gasteiger partial charge in [0.05, 0.1) is 6.10 Å². The summed E-state index contributed by atoms with van der Waals surface area (Å²) in [6.07, 6.45) is 0.527. The summed E-state index contributed by atoms with van der Waals surface area (Å²) in [7, 11) is 0. The molecule has 1 heterocycles. The van der Waals surface area contributed by atoms with Gasteiger partial charge in [-0.1, -0.05) is 20.8 Å². The van der Waals surface area contributed by atoms with Crippen molar-refractivity contribution in [1.82, 2.24) is 0 Å². The Morgan fingerprint density at radius 2 is 2.17 bits per heavy atom. The summed E-state index contributed by atoms with van der Waals surface area (Å²) in [5.41, 5.74) is 1.23. The monoisotopic (exact) mass is 184 g/mol. The van der Waals surface area contributed by atoms with Gasteiger partial charge < -0.3 is 5.11 Å². The first-order chi connectivity index (χ1) is 5.50. The summed E-state index contributed by atoms with van der Waals surface area (Å²) < 4.78 is 0. The molecule has 68 valence electrons. The second kappa shape index (κ2) is 3.58. The maximum Gasteiger partial charge on any atom is 0.0629 e. The molecule has 0 spiro atoms. The maximum atomic E-state index is 9.76. The van der Waals surface area contributed by atoms with E-state index in [9.17, 15) is 5.11 Å². The van der Waals surface area contributed by atoms with E-state index >= 15 is 0 Å². The lowest BCUT2D eigenvalue weighted by Gasteiger charge is -2.25. The Labute approximate surface area is 78.1 Å². The molecule has 1 N–H and O–H groups in total. The highest BCUT2D eigenvalue weighted by Crippen LogP contribution is 2.22. The van der Waals surface area contributed by atoms with Crippen molar-refractivity contribution in [3.63, 3.8) is 0 Å². The summed E-state index contributed by atoms with van der Waals surface area (Å²) in [5.74, 6) is 0. The van der Waals surface area contributed by atoms with E-state index in [1.54, 1.807) is 11.3 Å². The molecule has 0 saturated carbocycles. The van der Waals surface area contributed by atoms with E-state index in [1.807, 2.05) is 5.38 Å². The lowest BCUT2D eigenvalue weighted by Crippen LogP contribution is -2.27. The van der Waals surface area contributed by atoms with Crippen molar-refractivity contribution < 1.29 is 5.11 Å². The highest BCUT2D eigenvalue weighted by atomic mass is 32.1. The van der Waals surface area contributed by atoms with Crippen molar-refractivity contribution in [1.29, 1.82) is 0 Å². The van der Waals surface area contributed by atoms with Crippen LogP contribution in [0.4, 0.5) is 0 Å². The molecule has 0 fully saturated rings. The fourth-order valence-electron chi connectivity index (χ4n) is 0.938. The summed E-state index contributed by atoms with van der Waals surface area (Å²) in [6, 6.07) is 2.07. The molecule has 0 aliphatic rings. The molecule has 0 aliphatic heterocycles. The zero-order valence-electron chi connectivity index (χ0n) is 7.87. The second-order valence-corrected chi connectivity index (χ2v) is 5.00. The fraction of sp³-hybridized carbons (Fsp3) is 0.600. The smallest absolute Gasteiger partial charge is 0.0629 e. The lowest BCUT2D eigenvalue weighted by atomic mass is 9.86. The Morgan fingerprint density at radius 1 is 1.50 bits per heavy atom. The van der Waals surface area contributed by atoms with Crippen LogP contribution >= 0.6 is 11.3 Å². The van der Waals surface area contributed by atoms with Crippen LogP contribution in [0.1, 0.15) is 26.3 Å². The molecule has 0 amide bonds. The van der Waals surface area contributed by atoms with Crippen LogP contribution in [0, 0.1) is 5.41 Å². The first-order valence-corrected chi connectivity index (χ1v) is 5.13. The molecule has 1 aromatic heterocycles. The van der Waals surface area contributed by atoms with Gasteiger partial charge in [-0.25, -0.2) is 0 Å². The zero-order valence-corrected chi connectivity index (χ0v) is 8.69. The van der Waals surface area contributed by atoms with E-state index in [1.165, 1.54) is 5.56 Å². The zero-order chi connectivity index (χ0) is 9.19. The minimum Gasteiger partial charge on any atom is -0.392 e. The van der Waals surface area contributed by atoms with Crippen LogP contribution in [0.25, 0.3) is 0 Å². The molecule has 1 nitrogen and oxygen atoms in total. The van der Waals surface area contributed by atoms with Crippen molar-refractivity contribution in [2.45, 2.75) is 33.3 Å². The van der Waals surface area contributed by atoms with E-state index < -0.39 is 0 Å². The molecule has 0 radical (unpaired) electrons. The molecular formula is C10H16OS. The normalized spacial score (nSPS) is 14.7. The van der Waals surface area contributed by atoms with Crippen LogP contribution in [0.5, 0.6) is 0 Å². The average molecular weight is 184 g/mol. The molecule has 2 heteroatoms. The first-order valence-electron chi connectivity index (χ1n) is 4.19. The Bertz CT molecular complexity index is 220. The van der Waals surface area contributed by atoms with Crippen LogP contribution in [-0.4, -0.2) is 11.2 Å². The predicted octanol–water partition coefficient (Wildman–Crippen LogP) is 2.70. The highest BCUT2D eigenvalue weighted by Gasteiger charge is 2.21. The topological polar surface area (TPSA) is 20.2 Å². The first kappa shape index (κ1) is 9.75. The largest absolute Gasteiger partial charge is 0.392 e. The fourth-order valence-corrected chi connectivity index (χ4v) is 1.62. The lowest BCUT2D eigenvalue weighted by molar-refractivity contribution is 0.0637. The van der Waals surface area contributed by atoms with E-state index in [0.717, 1.165) is 6.42 Å². The van der Waals surface area contributed by atoms with Crippen molar-refractivity contribution in [2.24, 2.45) is 5.41 Å². The Balaban J connectivity index is 2.53. The van der Waals surface area contributed by atoms with Crippen LogP contribution < -0.4 is 0 Å². The molecule has 1 aromatic rings. The van der Waals surface area contributed by atoms with Gasteiger partial charge in [0.25, 0.3) is 0 Å². The standard InChI is InChI=1S/C10H16OS/c1-10(2,3)9(11)6-8-4-5-12-7-8/h4-5,7,9,11H,6H2,1-3H3. The minimum absolute atomic E-state index is 0.0120. The number of aliphatic hydroxyl groups is 1.